The number of hydrogen-bond donors (Lipinski definition) is 1. The van der Waals surface area contributed by atoms with Crippen molar-refractivity contribution in [2.75, 3.05) is 6.23 Å². The minimum atomic E-state index is -1.80. The van der Waals surface area contributed by atoms with Crippen LogP contribution in [0.15, 0.2) is 140 Å². The Bertz CT molecular complexity index is 1620. The largest absolute Gasteiger partial charge is 0.497 e. The fraction of sp³-hybridized carbons (Fsp3) is 0.200. The Hall–Kier alpha value is -3.79. The third-order valence-corrected chi connectivity index (χ3v) is 11.3. The zero-order valence-electron chi connectivity index (χ0n) is 26.4. The van der Waals surface area contributed by atoms with E-state index < -0.39 is 8.07 Å². The van der Waals surface area contributed by atoms with Crippen molar-refractivity contribution >= 4 is 27.8 Å². The summed E-state index contributed by atoms with van der Waals surface area (Å²) >= 11 is 0. The minimum Gasteiger partial charge on any atom is -0.497 e. The van der Waals surface area contributed by atoms with E-state index in [4.69, 9.17) is 9.47 Å². The predicted molar refractivity (Wildman–Crippen MR) is 196 cm³/mol. The molecule has 0 amide bonds. The van der Waals surface area contributed by atoms with Gasteiger partial charge in [-0.3, -0.25) is 0 Å². The van der Waals surface area contributed by atoms with Crippen molar-refractivity contribution in [3.8, 4) is 16.9 Å². The van der Waals surface area contributed by atoms with Gasteiger partial charge in [-0.1, -0.05) is 140 Å². The van der Waals surface area contributed by atoms with Crippen molar-refractivity contribution in [1.29, 1.82) is 0 Å². The van der Waals surface area contributed by atoms with Crippen LogP contribution in [0.5, 0.6) is 5.75 Å². The van der Waals surface area contributed by atoms with E-state index in [0.29, 0.717) is 13.2 Å². The molecule has 0 aliphatic carbocycles. The van der Waals surface area contributed by atoms with Crippen molar-refractivity contribution in [2.45, 2.75) is 45.3 Å². The van der Waals surface area contributed by atoms with Crippen molar-refractivity contribution in [2.24, 2.45) is 0 Å². The average Bonchev–Trinajstić information content (AvgIpc) is 3.08. The van der Waals surface area contributed by atoms with Crippen LogP contribution < -0.4 is 20.5 Å². The van der Waals surface area contributed by atoms with Gasteiger partial charge >= 0.3 is 0 Å². The first kappa shape index (κ1) is 32.6. The monoisotopic (exact) mass is 629 g/mol. The van der Waals surface area contributed by atoms with E-state index in [-0.39, 0.29) is 6.04 Å². The third kappa shape index (κ3) is 9.60. The van der Waals surface area contributed by atoms with E-state index in [1.807, 2.05) is 6.08 Å². The summed E-state index contributed by atoms with van der Waals surface area (Å²) in [5.74, 6) is 0.903. The fourth-order valence-electron chi connectivity index (χ4n) is 5.29. The second kappa shape index (κ2) is 16.0. The Morgan fingerprint density at radius 1 is 0.711 bits per heavy atom. The molecule has 5 rings (SSSR count). The van der Waals surface area contributed by atoms with Crippen LogP contribution in [0.4, 0.5) is 0 Å². The molecule has 2 unspecified atom stereocenters. The van der Waals surface area contributed by atoms with Crippen LogP contribution in [0.3, 0.4) is 0 Å². The van der Waals surface area contributed by atoms with Crippen LogP contribution in [0, 0.1) is 0 Å². The standard InChI is InChI=1S/C40H44NO2PSi/c1-4-8-40(41-27-31-9-6-5-7-10-31)36-17-15-34(16-18-36)35-19-25-39(26-20-35)45(2,3)30-43-37-21-11-32(12-22-37)28-42-29-33-13-23-38(44)24-14-33/h4-7,9-26,40-41H,1,8,27-30,44H2,2-3H3. The quantitative estimate of drug-likeness (QED) is 0.0716. The van der Waals surface area contributed by atoms with Gasteiger partial charge in [0.25, 0.3) is 0 Å². The van der Waals surface area contributed by atoms with Gasteiger partial charge in [-0.05, 0) is 57.2 Å². The topological polar surface area (TPSA) is 30.5 Å². The van der Waals surface area contributed by atoms with Gasteiger partial charge in [-0.15, -0.1) is 15.8 Å². The highest BCUT2D eigenvalue weighted by Gasteiger charge is 2.25. The van der Waals surface area contributed by atoms with Crippen molar-refractivity contribution in [1.82, 2.24) is 5.32 Å². The second-order valence-corrected chi connectivity index (χ2v) is 17.5. The molecule has 5 aromatic rings. The van der Waals surface area contributed by atoms with Gasteiger partial charge in [-0.25, -0.2) is 0 Å². The van der Waals surface area contributed by atoms with Gasteiger partial charge in [0.2, 0.25) is 0 Å². The molecule has 230 valence electrons. The number of hydrogen-bond acceptors (Lipinski definition) is 3. The predicted octanol–water partition coefficient (Wildman–Crippen LogP) is 8.51. The van der Waals surface area contributed by atoms with Crippen LogP contribution in [0.1, 0.15) is 34.7 Å². The molecule has 3 nitrogen and oxygen atoms in total. The maximum absolute atomic E-state index is 6.29. The molecule has 0 radical (unpaired) electrons. The molecular weight excluding hydrogens is 586 g/mol. The Morgan fingerprint density at radius 2 is 1.29 bits per heavy atom. The number of rotatable bonds is 15. The van der Waals surface area contributed by atoms with Crippen molar-refractivity contribution in [3.63, 3.8) is 0 Å². The maximum Gasteiger partial charge on any atom is 0.124 e. The minimum absolute atomic E-state index is 0.235. The number of ether oxygens (including phenoxy) is 2. The summed E-state index contributed by atoms with van der Waals surface area (Å²) in [4.78, 5) is 0. The molecule has 2 atom stereocenters. The highest BCUT2D eigenvalue weighted by Crippen LogP contribution is 2.24. The molecule has 45 heavy (non-hydrogen) atoms. The van der Waals surface area contributed by atoms with E-state index >= 15 is 0 Å². The summed E-state index contributed by atoms with van der Waals surface area (Å²) in [6.45, 7) is 10.7. The van der Waals surface area contributed by atoms with E-state index in [1.54, 1.807) is 0 Å². The summed E-state index contributed by atoms with van der Waals surface area (Å²) in [5.41, 5.74) is 7.34. The van der Waals surface area contributed by atoms with Crippen molar-refractivity contribution in [3.05, 3.63) is 162 Å². The lowest BCUT2D eigenvalue weighted by molar-refractivity contribution is 0.107. The van der Waals surface area contributed by atoms with Crippen LogP contribution in [-0.4, -0.2) is 14.3 Å². The van der Waals surface area contributed by atoms with Crippen LogP contribution in [-0.2, 0) is 24.5 Å². The Labute approximate surface area is 272 Å². The second-order valence-electron chi connectivity index (χ2n) is 12.2. The molecule has 0 aliphatic rings. The molecule has 0 saturated carbocycles. The first-order valence-electron chi connectivity index (χ1n) is 15.6. The number of nitrogens with one attached hydrogen (secondary N) is 1. The fourth-order valence-corrected chi connectivity index (χ4v) is 7.25. The molecule has 0 heterocycles. The van der Waals surface area contributed by atoms with Gasteiger partial charge < -0.3 is 14.8 Å². The summed E-state index contributed by atoms with van der Waals surface area (Å²) in [6, 6.07) is 45.4. The van der Waals surface area contributed by atoms with Crippen molar-refractivity contribution < 1.29 is 9.47 Å². The van der Waals surface area contributed by atoms with Crippen LogP contribution in [0.25, 0.3) is 11.1 Å². The van der Waals surface area contributed by atoms with Gasteiger partial charge in [0.1, 0.15) is 13.8 Å². The lowest BCUT2D eigenvalue weighted by Gasteiger charge is -2.23. The molecule has 1 N–H and O–H groups in total. The first-order chi connectivity index (χ1) is 21.9. The Balaban J connectivity index is 1.12. The highest BCUT2D eigenvalue weighted by molar-refractivity contribution is 7.27. The molecule has 0 aliphatic heterocycles. The average molecular weight is 630 g/mol. The van der Waals surface area contributed by atoms with E-state index in [1.165, 1.54) is 38.3 Å². The van der Waals surface area contributed by atoms with Gasteiger partial charge in [-0.2, -0.15) is 0 Å². The lowest BCUT2D eigenvalue weighted by atomic mass is 9.99. The van der Waals surface area contributed by atoms with Gasteiger partial charge in [0.15, 0.2) is 0 Å². The van der Waals surface area contributed by atoms with E-state index in [0.717, 1.165) is 30.5 Å². The molecule has 0 saturated heterocycles. The molecule has 5 heteroatoms. The first-order valence-corrected chi connectivity index (χ1v) is 19.4. The zero-order valence-corrected chi connectivity index (χ0v) is 28.6. The zero-order chi connectivity index (χ0) is 31.5. The molecule has 0 fully saturated rings. The Kier molecular flexibility index (Phi) is 11.6. The van der Waals surface area contributed by atoms with E-state index in [2.05, 4.69) is 162 Å². The Morgan fingerprint density at radius 3 is 1.89 bits per heavy atom. The number of benzene rings is 5. The smallest absolute Gasteiger partial charge is 0.124 e. The van der Waals surface area contributed by atoms with Gasteiger partial charge in [0.05, 0.1) is 19.4 Å². The maximum atomic E-state index is 6.29. The normalized spacial score (nSPS) is 12.1. The molecule has 0 bridgehead atoms. The summed E-state index contributed by atoms with van der Waals surface area (Å²) in [6.07, 6.45) is 3.60. The lowest BCUT2D eigenvalue weighted by Crippen LogP contribution is -2.47. The third-order valence-electron chi connectivity index (χ3n) is 8.15. The molecular formula is C40H44NO2PSi. The summed E-state index contributed by atoms with van der Waals surface area (Å²) < 4.78 is 12.2. The van der Waals surface area contributed by atoms with Gasteiger partial charge in [0, 0.05) is 12.6 Å². The van der Waals surface area contributed by atoms with Crippen LogP contribution in [0.2, 0.25) is 13.1 Å². The molecule has 0 spiro atoms. The van der Waals surface area contributed by atoms with E-state index in [9.17, 15) is 0 Å². The molecule has 5 aromatic carbocycles. The van der Waals surface area contributed by atoms with Crippen LogP contribution >= 0.6 is 9.24 Å². The summed E-state index contributed by atoms with van der Waals surface area (Å²) in [5, 5.41) is 6.26. The summed E-state index contributed by atoms with van der Waals surface area (Å²) in [7, 11) is 0.910. The SMILES string of the molecule is C=CCC(NCc1ccccc1)c1ccc(-c2ccc([Si](C)(C)COc3ccc(COCc4ccc(P)cc4)cc3)cc2)cc1. The highest BCUT2D eigenvalue weighted by atomic mass is 31.0. The molecule has 0 aromatic heterocycles.